The molecule has 0 radical (unpaired) electrons. The van der Waals surface area contributed by atoms with Crippen LogP contribution < -0.4 is 20.5 Å². The lowest BCUT2D eigenvalue weighted by Gasteiger charge is -2.10. The Labute approximate surface area is 169 Å². The molecule has 0 aliphatic carbocycles. The first-order valence-corrected chi connectivity index (χ1v) is 9.39. The van der Waals surface area contributed by atoms with Gasteiger partial charge in [0.2, 0.25) is 11.9 Å². The number of hydrogen-bond donors (Lipinski definition) is 2. The number of nitrogens with zero attached hydrogens (tertiary/aromatic N) is 3. The maximum Gasteiger partial charge on any atom is 0.281 e. The van der Waals surface area contributed by atoms with Crippen LogP contribution in [0.15, 0.2) is 48.5 Å². The van der Waals surface area contributed by atoms with Crippen LogP contribution in [0.5, 0.6) is 11.5 Å². The van der Waals surface area contributed by atoms with Gasteiger partial charge < -0.3 is 20.5 Å². The molecule has 152 valence electrons. The van der Waals surface area contributed by atoms with Gasteiger partial charge in [0.1, 0.15) is 11.5 Å². The van der Waals surface area contributed by atoms with Gasteiger partial charge in [-0.1, -0.05) is 0 Å². The van der Waals surface area contributed by atoms with Crippen molar-refractivity contribution in [1.82, 2.24) is 14.8 Å². The molecule has 1 heterocycles. The molecule has 1 aromatic heterocycles. The highest BCUT2D eigenvalue weighted by atomic mass is 16.5. The van der Waals surface area contributed by atoms with E-state index in [2.05, 4.69) is 15.4 Å². The van der Waals surface area contributed by atoms with Gasteiger partial charge in [-0.25, -0.2) is 0 Å². The van der Waals surface area contributed by atoms with E-state index in [1.807, 2.05) is 52.0 Å². The summed E-state index contributed by atoms with van der Waals surface area (Å²) in [7, 11) is 0. The molecule has 0 amide bonds. The van der Waals surface area contributed by atoms with E-state index in [-0.39, 0.29) is 30.0 Å². The molecule has 0 bridgehead atoms. The standard InChI is InChI=1S/C21H25N5O3/c1-13(2)28-17-9-5-15(6-10-17)19(27)26-20(22)24-21(25-26)23-16-7-11-18(12-8-16)29-14(3)4/h5-14H,1-4H3,(H3,22,23,24,25). The van der Waals surface area contributed by atoms with Gasteiger partial charge in [-0.3, -0.25) is 4.79 Å². The van der Waals surface area contributed by atoms with Gasteiger partial charge in [-0.2, -0.15) is 9.67 Å². The number of carbonyl (C=O) groups is 1. The number of benzene rings is 2. The summed E-state index contributed by atoms with van der Waals surface area (Å²) in [5.74, 6) is 1.31. The first kappa shape index (κ1) is 20.2. The summed E-state index contributed by atoms with van der Waals surface area (Å²) in [4.78, 5) is 16.8. The molecule has 0 aliphatic rings. The van der Waals surface area contributed by atoms with Crippen LogP contribution in [-0.4, -0.2) is 32.9 Å². The van der Waals surface area contributed by atoms with Gasteiger partial charge in [0.05, 0.1) is 12.2 Å². The lowest BCUT2D eigenvalue weighted by atomic mass is 10.2. The monoisotopic (exact) mass is 395 g/mol. The largest absolute Gasteiger partial charge is 0.491 e. The second-order valence-corrected chi connectivity index (χ2v) is 7.02. The van der Waals surface area contributed by atoms with Crippen molar-refractivity contribution >= 4 is 23.5 Å². The third-order valence-corrected chi connectivity index (χ3v) is 3.78. The Hall–Kier alpha value is -3.55. The zero-order valence-electron chi connectivity index (χ0n) is 16.9. The molecule has 2 aromatic carbocycles. The van der Waals surface area contributed by atoms with E-state index >= 15 is 0 Å². The van der Waals surface area contributed by atoms with Crippen LogP contribution in [0.4, 0.5) is 17.6 Å². The third kappa shape index (κ3) is 5.25. The number of ether oxygens (including phenoxy) is 2. The van der Waals surface area contributed by atoms with E-state index in [0.717, 1.165) is 16.1 Å². The SMILES string of the molecule is CC(C)Oc1ccc(Nc2nc(N)n(C(=O)c3ccc(OC(C)C)cc3)n2)cc1. The molecule has 0 saturated carbocycles. The number of rotatable bonds is 7. The molecule has 3 rings (SSSR count). The first-order chi connectivity index (χ1) is 13.8. The van der Waals surface area contributed by atoms with Gasteiger partial charge in [0, 0.05) is 11.3 Å². The number of aromatic nitrogens is 3. The minimum Gasteiger partial charge on any atom is -0.491 e. The van der Waals surface area contributed by atoms with E-state index in [1.165, 1.54) is 0 Å². The molecule has 0 fully saturated rings. The Morgan fingerprint density at radius 1 is 0.931 bits per heavy atom. The zero-order chi connectivity index (χ0) is 21.0. The molecule has 8 heteroatoms. The fourth-order valence-electron chi connectivity index (χ4n) is 2.62. The van der Waals surface area contributed by atoms with E-state index in [0.29, 0.717) is 11.3 Å². The van der Waals surface area contributed by atoms with Crippen molar-refractivity contribution < 1.29 is 14.3 Å². The summed E-state index contributed by atoms with van der Waals surface area (Å²) in [5, 5.41) is 7.21. The lowest BCUT2D eigenvalue weighted by Crippen LogP contribution is -2.16. The summed E-state index contributed by atoms with van der Waals surface area (Å²) in [6, 6.07) is 14.2. The normalized spacial score (nSPS) is 11.0. The Balaban J connectivity index is 1.71. The average Bonchev–Trinajstić information content (AvgIpc) is 3.02. The Morgan fingerprint density at radius 2 is 1.45 bits per heavy atom. The third-order valence-electron chi connectivity index (χ3n) is 3.78. The van der Waals surface area contributed by atoms with Crippen LogP contribution in [0.3, 0.4) is 0 Å². The van der Waals surface area contributed by atoms with E-state index in [1.54, 1.807) is 24.3 Å². The van der Waals surface area contributed by atoms with E-state index in [4.69, 9.17) is 15.2 Å². The minimum atomic E-state index is -0.375. The first-order valence-electron chi connectivity index (χ1n) is 9.39. The highest BCUT2D eigenvalue weighted by molar-refractivity contribution is 5.97. The van der Waals surface area contributed by atoms with Crippen LogP contribution in [0.2, 0.25) is 0 Å². The van der Waals surface area contributed by atoms with Crippen LogP contribution in [0.1, 0.15) is 38.1 Å². The quantitative estimate of drug-likeness (QED) is 0.626. The smallest absolute Gasteiger partial charge is 0.281 e. The Bertz CT molecular complexity index is 963. The summed E-state index contributed by atoms with van der Waals surface area (Å²) in [6.07, 6.45) is 0.158. The van der Waals surface area contributed by atoms with Crippen molar-refractivity contribution in [3.05, 3.63) is 54.1 Å². The molecular weight excluding hydrogens is 370 g/mol. The molecule has 0 spiro atoms. The molecule has 8 nitrogen and oxygen atoms in total. The van der Waals surface area contributed by atoms with E-state index < -0.39 is 0 Å². The summed E-state index contributed by atoms with van der Waals surface area (Å²) < 4.78 is 12.3. The van der Waals surface area contributed by atoms with Gasteiger partial charge >= 0.3 is 0 Å². The highest BCUT2D eigenvalue weighted by Crippen LogP contribution is 2.20. The maximum absolute atomic E-state index is 12.7. The van der Waals surface area contributed by atoms with Gasteiger partial charge in [-0.15, -0.1) is 5.10 Å². The maximum atomic E-state index is 12.7. The fraction of sp³-hybridized carbons (Fsp3) is 0.286. The van der Waals surface area contributed by atoms with Crippen LogP contribution in [0.25, 0.3) is 0 Å². The molecule has 3 aromatic rings. The Morgan fingerprint density at radius 3 is 1.97 bits per heavy atom. The second kappa shape index (κ2) is 8.64. The topological polar surface area (TPSA) is 104 Å². The molecule has 0 aliphatic heterocycles. The minimum absolute atomic E-state index is 0.000215. The predicted octanol–water partition coefficient (Wildman–Crippen LogP) is 3.87. The summed E-state index contributed by atoms with van der Waals surface area (Å²) in [6.45, 7) is 7.81. The zero-order valence-corrected chi connectivity index (χ0v) is 16.9. The number of nitrogens with one attached hydrogen (secondary N) is 1. The van der Waals surface area contributed by atoms with Crippen LogP contribution >= 0.6 is 0 Å². The fourth-order valence-corrected chi connectivity index (χ4v) is 2.62. The van der Waals surface area contributed by atoms with Crippen molar-refractivity contribution in [3.63, 3.8) is 0 Å². The molecule has 0 saturated heterocycles. The number of carbonyl (C=O) groups excluding carboxylic acids is 1. The summed E-state index contributed by atoms with van der Waals surface area (Å²) >= 11 is 0. The van der Waals surface area contributed by atoms with Gasteiger partial charge in [-0.05, 0) is 76.2 Å². The van der Waals surface area contributed by atoms with Crippen molar-refractivity contribution in [2.24, 2.45) is 0 Å². The van der Waals surface area contributed by atoms with Crippen LogP contribution in [-0.2, 0) is 0 Å². The van der Waals surface area contributed by atoms with E-state index in [9.17, 15) is 4.79 Å². The molecule has 3 N–H and O–H groups in total. The van der Waals surface area contributed by atoms with Crippen molar-refractivity contribution in [2.45, 2.75) is 39.9 Å². The highest BCUT2D eigenvalue weighted by Gasteiger charge is 2.16. The predicted molar refractivity (Wildman–Crippen MR) is 112 cm³/mol. The molecule has 0 unspecified atom stereocenters. The average molecular weight is 395 g/mol. The molecular formula is C21H25N5O3. The lowest BCUT2D eigenvalue weighted by molar-refractivity contribution is 0.0948. The number of anilines is 3. The Kier molecular flexibility index (Phi) is 6.01. The number of nitrogen functional groups attached to an aromatic ring is 1. The van der Waals surface area contributed by atoms with Gasteiger partial charge in [0.25, 0.3) is 5.91 Å². The molecule has 0 atom stereocenters. The summed E-state index contributed by atoms with van der Waals surface area (Å²) in [5.41, 5.74) is 7.07. The second-order valence-electron chi connectivity index (χ2n) is 7.02. The number of hydrogen-bond acceptors (Lipinski definition) is 7. The number of nitrogens with two attached hydrogens (primary N) is 1. The van der Waals surface area contributed by atoms with Crippen molar-refractivity contribution in [2.75, 3.05) is 11.1 Å². The van der Waals surface area contributed by atoms with Crippen molar-refractivity contribution in [1.29, 1.82) is 0 Å². The molecule has 29 heavy (non-hydrogen) atoms. The van der Waals surface area contributed by atoms with Gasteiger partial charge in [0.15, 0.2) is 0 Å². The van der Waals surface area contributed by atoms with Crippen LogP contribution in [0, 0.1) is 0 Å². The van der Waals surface area contributed by atoms with Crippen molar-refractivity contribution in [3.8, 4) is 11.5 Å².